The molecular formula is C14H16ClN3O. The first-order chi connectivity index (χ1) is 9.20. The number of rotatable bonds is 5. The second kappa shape index (κ2) is 6.50. The lowest BCUT2D eigenvalue weighted by Gasteiger charge is -2.05. The molecule has 0 aliphatic rings. The maximum Gasteiger partial charge on any atom is 0.269 e. The molecule has 0 fully saturated rings. The number of halogens is 1. The van der Waals surface area contributed by atoms with Crippen molar-refractivity contribution >= 4 is 28.4 Å². The van der Waals surface area contributed by atoms with Gasteiger partial charge in [0.1, 0.15) is 5.69 Å². The van der Waals surface area contributed by atoms with Crippen LogP contribution in [0.5, 0.6) is 0 Å². The van der Waals surface area contributed by atoms with Crippen molar-refractivity contribution in [3.63, 3.8) is 0 Å². The molecule has 0 bridgehead atoms. The number of nitrogens with one attached hydrogen (secondary N) is 1. The highest BCUT2D eigenvalue weighted by molar-refractivity contribution is 6.31. The van der Waals surface area contributed by atoms with E-state index >= 15 is 0 Å². The average Bonchev–Trinajstić information content (AvgIpc) is 2.42. The Bertz CT molecular complexity index is 586. The van der Waals surface area contributed by atoms with E-state index in [4.69, 9.17) is 17.3 Å². The number of hydrogen-bond acceptors (Lipinski definition) is 3. The van der Waals surface area contributed by atoms with E-state index in [1.54, 1.807) is 18.2 Å². The van der Waals surface area contributed by atoms with Crippen LogP contribution in [0.2, 0.25) is 5.02 Å². The molecule has 2 rings (SSSR count). The minimum Gasteiger partial charge on any atom is -0.351 e. The van der Waals surface area contributed by atoms with Crippen molar-refractivity contribution in [2.45, 2.75) is 12.8 Å². The summed E-state index contributed by atoms with van der Waals surface area (Å²) in [6.45, 7) is 1.26. The molecule has 1 aromatic carbocycles. The molecule has 0 atom stereocenters. The Morgan fingerprint density at radius 2 is 2.05 bits per heavy atom. The zero-order valence-corrected chi connectivity index (χ0v) is 11.3. The molecular weight excluding hydrogens is 262 g/mol. The van der Waals surface area contributed by atoms with E-state index < -0.39 is 0 Å². The fourth-order valence-electron chi connectivity index (χ4n) is 1.78. The normalized spacial score (nSPS) is 10.6. The van der Waals surface area contributed by atoms with E-state index in [0.29, 0.717) is 23.8 Å². The Hall–Kier alpha value is -1.65. The van der Waals surface area contributed by atoms with Crippen LogP contribution in [0.15, 0.2) is 30.3 Å². The number of hydrogen-bond donors (Lipinski definition) is 2. The number of carbonyl (C=O) groups excluding carboxylic acids is 1. The summed E-state index contributed by atoms with van der Waals surface area (Å²) in [6, 6.07) is 9.02. The number of unbranched alkanes of at least 4 members (excludes halogenated alkanes) is 1. The first-order valence-electron chi connectivity index (χ1n) is 6.25. The molecule has 0 radical (unpaired) electrons. The molecule has 1 aromatic heterocycles. The van der Waals surface area contributed by atoms with Crippen molar-refractivity contribution in [3.8, 4) is 0 Å². The number of carbonyl (C=O) groups is 1. The Kier molecular flexibility index (Phi) is 4.71. The summed E-state index contributed by atoms with van der Waals surface area (Å²) in [5.41, 5.74) is 6.52. The topological polar surface area (TPSA) is 68.0 Å². The van der Waals surface area contributed by atoms with Gasteiger partial charge in [0, 0.05) is 17.0 Å². The van der Waals surface area contributed by atoms with Gasteiger partial charge >= 0.3 is 0 Å². The van der Waals surface area contributed by atoms with Crippen LogP contribution in [-0.2, 0) is 0 Å². The summed E-state index contributed by atoms with van der Waals surface area (Å²) < 4.78 is 0. The molecule has 0 unspecified atom stereocenters. The Morgan fingerprint density at radius 3 is 2.84 bits per heavy atom. The Morgan fingerprint density at radius 1 is 1.26 bits per heavy atom. The largest absolute Gasteiger partial charge is 0.351 e. The first kappa shape index (κ1) is 13.8. The molecule has 1 heterocycles. The van der Waals surface area contributed by atoms with Crippen LogP contribution in [0.1, 0.15) is 23.3 Å². The van der Waals surface area contributed by atoms with E-state index in [1.165, 1.54) is 0 Å². The highest BCUT2D eigenvalue weighted by Gasteiger charge is 2.07. The van der Waals surface area contributed by atoms with Gasteiger partial charge < -0.3 is 11.1 Å². The van der Waals surface area contributed by atoms with Gasteiger partial charge in [-0.05, 0) is 37.6 Å². The number of aromatic nitrogens is 1. The van der Waals surface area contributed by atoms with Gasteiger partial charge in [0.2, 0.25) is 0 Å². The van der Waals surface area contributed by atoms with Crippen molar-refractivity contribution in [2.24, 2.45) is 5.73 Å². The maximum absolute atomic E-state index is 11.9. The van der Waals surface area contributed by atoms with E-state index in [1.807, 2.05) is 12.1 Å². The van der Waals surface area contributed by atoms with Gasteiger partial charge in [-0.3, -0.25) is 4.79 Å². The Balaban J connectivity index is 2.09. The second-order valence-electron chi connectivity index (χ2n) is 4.29. The fourth-order valence-corrected chi connectivity index (χ4v) is 1.94. The van der Waals surface area contributed by atoms with E-state index in [2.05, 4.69) is 10.3 Å². The van der Waals surface area contributed by atoms with Gasteiger partial charge in [0.15, 0.2) is 0 Å². The van der Waals surface area contributed by atoms with Crippen LogP contribution < -0.4 is 11.1 Å². The monoisotopic (exact) mass is 277 g/mol. The molecule has 19 heavy (non-hydrogen) atoms. The number of nitrogens with zero attached hydrogens (tertiary/aromatic N) is 1. The van der Waals surface area contributed by atoms with Gasteiger partial charge in [-0.15, -0.1) is 0 Å². The van der Waals surface area contributed by atoms with Crippen LogP contribution in [0, 0.1) is 0 Å². The highest BCUT2D eigenvalue weighted by Crippen LogP contribution is 2.17. The van der Waals surface area contributed by atoms with Crippen LogP contribution in [-0.4, -0.2) is 24.0 Å². The summed E-state index contributed by atoms with van der Waals surface area (Å²) in [4.78, 5) is 16.2. The van der Waals surface area contributed by atoms with Crippen molar-refractivity contribution < 1.29 is 4.79 Å². The minimum absolute atomic E-state index is 0.168. The minimum atomic E-state index is -0.168. The molecule has 0 aliphatic carbocycles. The lowest BCUT2D eigenvalue weighted by atomic mass is 10.2. The van der Waals surface area contributed by atoms with Gasteiger partial charge in [-0.1, -0.05) is 23.7 Å². The Labute approximate surface area is 117 Å². The maximum atomic E-state index is 11.9. The SMILES string of the molecule is NCCCCNC(=O)c1ccc2ccc(Cl)cc2n1. The number of fused-ring (bicyclic) bond motifs is 1. The zero-order chi connectivity index (χ0) is 13.7. The van der Waals surface area contributed by atoms with Crippen LogP contribution in [0.25, 0.3) is 10.9 Å². The van der Waals surface area contributed by atoms with Gasteiger partial charge in [-0.25, -0.2) is 4.98 Å². The molecule has 0 saturated heterocycles. The quantitative estimate of drug-likeness (QED) is 0.825. The number of benzene rings is 1. The number of amides is 1. The van der Waals surface area contributed by atoms with E-state index in [0.717, 1.165) is 23.7 Å². The second-order valence-corrected chi connectivity index (χ2v) is 4.72. The van der Waals surface area contributed by atoms with Crippen LogP contribution >= 0.6 is 11.6 Å². The van der Waals surface area contributed by atoms with E-state index in [-0.39, 0.29) is 5.91 Å². The number of pyridine rings is 1. The summed E-state index contributed by atoms with van der Waals surface area (Å²) in [5.74, 6) is -0.168. The molecule has 0 spiro atoms. The van der Waals surface area contributed by atoms with Crippen LogP contribution in [0.4, 0.5) is 0 Å². The van der Waals surface area contributed by atoms with Crippen molar-refractivity contribution in [1.82, 2.24) is 10.3 Å². The third-order valence-electron chi connectivity index (χ3n) is 2.80. The molecule has 0 saturated carbocycles. The standard InChI is InChI=1S/C14H16ClN3O/c15-11-5-3-10-4-6-12(18-13(10)9-11)14(19)17-8-2-1-7-16/h3-6,9H,1-2,7-8,16H2,(H,17,19). The molecule has 3 N–H and O–H groups in total. The number of nitrogens with two attached hydrogens (primary N) is 1. The van der Waals surface area contributed by atoms with Crippen molar-refractivity contribution in [3.05, 3.63) is 41.0 Å². The average molecular weight is 278 g/mol. The highest BCUT2D eigenvalue weighted by atomic mass is 35.5. The van der Waals surface area contributed by atoms with Gasteiger partial charge in [-0.2, -0.15) is 0 Å². The molecule has 2 aromatic rings. The summed E-state index contributed by atoms with van der Waals surface area (Å²) >= 11 is 5.92. The van der Waals surface area contributed by atoms with Crippen molar-refractivity contribution in [1.29, 1.82) is 0 Å². The lowest BCUT2D eigenvalue weighted by molar-refractivity contribution is 0.0948. The fraction of sp³-hybridized carbons (Fsp3) is 0.286. The van der Waals surface area contributed by atoms with Gasteiger partial charge in [0.25, 0.3) is 5.91 Å². The zero-order valence-electron chi connectivity index (χ0n) is 10.5. The predicted molar refractivity (Wildman–Crippen MR) is 77.4 cm³/mol. The summed E-state index contributed by atoms with van der Waals surface area (Å²) in [6.07, 6.45) is 1.78. The summed E-state index contributed by atoms with van der Waals surface area (Å²) in [7, 11) is 0. The van der Waals surface area contributed by atoms with Crippen LogP contribution in [0.3, 0.4) is 0 Å². The molecule has 4 nitrogen and oxygen atoms in total. The molecule has 0 aliphatic heterocycles. The van der Waals surface area contributed by atoms with Gasteiger partial charge in [0.05, 0.1) is 5.52 Å². The van der Waals surface area contributed by atoms with Crippen molar-refractivity contribution in [2.75, 3.05) is 13.1 Å². The molecule has 5 heteroatoms. The summed E-state index contributed by atoms with van der Waals surface area (Å²) in [5, 5.41) is 4.40. The van der Waals surface area contributed by atoms with E-state index in [9.17, 15) is 4.79 Å². The first-order valence-corrected chi connectivity index (χ1v) is 6.63. The molecule has 1 amide bonds. The predicted octanol–water partition coefficient (Wildman–Crippen LogP) is 2.36. The lowest BCUT2D eigenvalue weighted by Crippen LogP contribution is -2.25. The smallest absolute Gasteiger partial charge is 0.269 e. The third kappa shape index (κ3) is 3.66. The third-order valence-corrected chi connectivity index (χ3v) is 3.04. The molecule has 100 valence electrons.